The van der Waals surface area contributed by atoms with Gasteiger partial charge in [0, 0.05) is 24.0 Å². The summed E-state index contributed by atoms with van der Waals surface area (Å²) >= 11 is 0. The zero-order chi connectivity index (χ0) is 12.3. The summed E-state index contributed by atoms with van der Waals surface area (Å²) in [5.41, 5.74) is 1.28. The maximum Gasteiger partial charge on any atom is 0.0900 e. The van der Waals surface area contributed by atoms with Gasteiger partial charge in [-0.25, -0.2) is 0 Å². The fourth-order valence-electron chi connectivity index (χ4n) is 2.72. The highest BCUT2D eigenvalue weighted by molar-refractivity contribution is 5.27. The predicted molar refractivity (Wildman–Crippen MR) is 68.8 cm³/mol. The average molecular weight is 234 g/mol. The SMILES string of the molecule is Cc1ccncc1C(C)(O)CC1CCCCN1. The average Bonchev–Trinajstić information content (AvgIpc) is 2.30. The minimum atomic E-state index is -0.784. The third kappa shape index (κ3) is 3.05. The zero-order valence-electron chi connectivity index (χ0n) is 10.7. The van der Waals surface area contributed by atoms with Crippen molar-refractivity contribution in [1.29, 1.82) is 0 Å². The minimum Gasteiger partial charge on any atom is -0.385 e. The Kier molecular flexibility index (Phi) is 3.79. The van der Waals surface area contributed by atoms with Crippen LogP contribution in [0.25, 0.3) is 0 Å². The summed E-state index contributed by atoms with van der Waals surface area (Å²) in [7, 11) is 0. The molecule has 1 saturated heterocycles. The van der Waals surface area contributed by atoms with Gasteiger partial charge < -0.3 is 10.4 Å². The molecule has 2 heterocycles. The standard InChI is InChI=1S/C14H22N2O/c1-11-6-8-15-10-13(11)14(2,17)9-12-5-3-4-7-16-12/h6,8,10,12,16-17H,3-5,7,9H2,1-2H3. The van der Waals surface area contributed by atoms with Crippen molar-refractivity contribution in [2.75, 3.05) is 6.54 Å². The van der Waals surface area contributed by atoms with Gasteiger partial charge in [-0.3, -0.25) is 4.98 Å². The van der Waals surface area contributed by atoms with E-state index >= 15 is 0 Å². The second-order valence-electron chi connectivity index (χ2n) is 5.32. The van der Waals surface area contributed by atoms with Gasteiger partial charge in [-0.15, -0.1) is 0 Å². The summed E-state index contributed by atoms with van der Waals surface area (Å²) in [6.45, 7) is 5.00. The molecule has 2 rings (SSSR count). The Morgan fingerprint density at radius 3 is 3.00 bits per heavy atom. The molecule has 94 valence electrons. The molecule has 0 aliphatic carbocycles. The summed E-state index contributed by atoms with van der Waals surface area (Å²) in [5.74, 6) is 0. The molecule has 1 aliphatic rings. The van der Waals surface area contributed by atoms with E-state index in [0.29, 0.717) is 6.04 Å². The molecule has 0 saturated carbocycles. The Balaban J connectivity index is 2.10. The molecular weight excluding hydrogens is 212 g/mol. The smallest absolute Gasteiger partial charge is 0.0900 e. The zero-order valence-corrected chi connectivity index (χ0v) is 10.7. The van der Waals surface area contributed by atoms with Crippen LogP contribution in [0.1, 0.15) is 43.7 Å². The minimum absolute atomic E-state index is 0.429. The summed E-state index contributed by atoms with van der Waals surface area (Å²) in [4.78, 5) is 4.12. The number of aryl methyl sites for hydroxylation is 1. The van der Waals surface area contributed by atoms with E-state index in [-0.39, 0.29) is 0 Å². The van der Waals surface area contributed by atoms with Crippen LogP contribution in [0.4, 0.5) is 0 Å². The quantitative estimate of drug-likeness (QED) is 0.842. The molecule has 2 atom stereocenters. The summed E-state index contributed by atoms with van der Waals surface area (Å²) in [6.07, 6.45) is 8.01. The number of aliphatic hydroxyl groups is 1. The Morgan fingerprint density at radius 1 is 1.53 bits per heavy atom. The first-order valence-electron chi connectivity index (χ1n) is 6.46. The normalized spacial score (nSPS) is 24.3. The fourth-order valence-corrected chi connectivity index (χ4v) is 2.72. The van der Waals surface area contributed by atoms with Gasteiger partial charge in [0.1, 0.15) is 0 Å². The third-order valence-corrected chi connectivity index (χ3v) is 3.68. The Morgan fingerprint density at radius 2 is 2.35 bits per heavy atom. The number of hydrogen-bond donors (Lipinski definition) is 2. The van der Waals surface area contributed by atoms with E-state index in [9.17, 15) is 5.11 Å². The van der Waals surface area contributed by atoms with E-state index in [2.05, 4.69) is 10.3 Å². The molecule has 2 N–H and O–H groups in total. The highest BCUT2D eigenvalue weighted by atomic mass is 16.3. The van der Waals surface area contributed by atoms with Gasteiger partial charge in [0.25, 0.3) is 0 Å². The van der Waals surface area contributed by atoms with Crippen LogP contribution in [0.5, 0.6) is 0 Å². The van der Waals surface area contributed by atoms with Crippen LogP contribution >= 0.6 is 0 Å². The first-order chi connectivity index (χ1) is 8.09. The van der Waals surface area contributed by atoms with Gasteiger partial charge in [-0.1, -0.05) is 6.42 Å². The molecule has 0 spiro atoms. The maximum atomic E-state index is 10.6. The van der Waals surface area contributed by atoms with E-state index in [1.807, 2.05) is 19.9 Å². The van der Waals surface area contributed by atoms with Crippen LogP contribution in [-0.2, 0) is 5.60 Å². The molecule has 3 heteroatoms. The number of piperidine rings is 1. The van der Waals surface area contributed by atoms with E-state index in [1.165, 1.54) is 12.8 Å². The van der Waals surface area contributed by atoms with Crippen molar-refractivity contribution >= 4 is 0 Å². The summed E-state index contributed by atoms with van der Waals surface area (Å²) in [5, 5.41) is 14.1. The van der Waals surface area contributed by atoms with Crippen LogP contribution < -0.4 is 5.32 Å². The molecule has 3 nitrogen and oxygen atoms in total. The van der Waals surface area contributed by atoms with Gasteiger partial charge in [0.15, 0.2) is 0 Å². The molecule has 0 radical (unpaired) electrons. The largest absolute Gasteiger partial charge is 0.385 e. The van der Waals surface area contributed by atoms with Crippen LogP contribution in [-0.4, -0.2) is 22.7 Å². The topological polar surface area (TPSA) is 45.2 Å². The second kappa shape index (κ2) is 5.15. The molecule has 0 amide bonds. The lowest BCUT2D eigenvalue weighted by Gasteiger charge is -2.32. The van der Waals surface area contributed by atoms with Crippen LogP contribution in [0.2, 0.25) is 0 Å². The lowest BCUT2D eigenvalue weighted by Crippen LogP contribution is -2.40. The lowest BCUT2D eigenvalue weighted by molar-refractivity contribution is 0.0323. The van der Waals surface area contributed by atoms with Crippen LogP contribution in [0, 0.1) is 6.92 Å². The maximum absolute atomic E-state index is 10.6. The number of nitrogens with zero attached hydrogens (tertiary/aromatic N) is 1. The van der Waals surface area contributed by atoms with E-state index < -0.39 is 5.60 Å². The van der Waals surface area contributed by atoms with E-state index in [4.69, 9.17) is 0 Å². The van der Waals surface area contributed by atoms with Gasteiger partial charge in [-0.2, -0.15) is 0 Å². The molecule has 1 aliphatic heterocycles. The van der Waals surface area contributed by atoms with Gasteiger partial charge in [-0.05, 0) is 51.3 Å². The van der Waals surface area contributed by atoms with Crippen molar-refractivity contribution in [3.8, 4) is 0 Å². The Labute approximate surface area is 103 Å². The van der Waals surface area contributed by atoms with Crippen molar-refractivity contribution in [2.24, 2.45) is 0 Å². The number of rotatable bonds is 3. The van der Waals surface area contributed by atoms with Crippen molar-refractivity contribution < 1.29 is 5.11 Å². The molecule has 1 aromatic rings. The lowest BCUT2D eigenvalue weighted by atomic mass is 9.85. The van der Waals surface area contributed by atoms with E-state index in [1.54, 1.807) is 12.4 Å². The molecule has 17 heavy (non-hydrogen) atoms. The number of pyridine rings is 1. The Bertz CT molecular complexity index is 370. The second-order valence-corrected chi connectivity index (χ2v) is 5.32. The number of hydrogen-bond acceptors (Lipinski definition) is 3. The fraction of sp³-hybridized carbons (Fsp3) is 0.643. The van der Waals surface area contributed by atoms with Crippen molar-refractivity contribution in [3.05, 3.63) is 29.6 Å². The third-order valence-electron chi connectivity index (χ3n) is 3.68. The number of nitrogens with one attached hydrogen (secondary N) is 1. The Hall–Kier alpha value is -0.930. The predicted octanol–water partition coefficient (Wildman–Crippen LogP) is 2.13. The van der Waals surface area contributed by atoms with Crippen LogP contribution in [0.15, 0.2) is 18.5 Å². The van der Waals surface area contributed by atoms with Crippen LogP contribution in [0.3, 0.4) is 0 Å². The van der Waals surface area contributed by atoms with Crippen molar-refractivity contribution in [3.63, 3.8) is 0 Å². The van der Waals surface area contributed by atoms with Gasteiger partial charge in [0.2, 0.25) is 0 Å². The monoisotopic (exact) mass is 234 g/mol. The molecule has 1 fully saturated rings. The summed E-state index contributed by atoms with van der Waals surface area (Å²) < 4.78 is 0. The molecule has 1 aromatic heterocycles. The highest BCUT2D eigenvalue weighted by Gasteiger charge is 2.29. The van der Waals surface area contributed by atoms with Gasteiger partial charge in [0.05, 0.1) is 5.60 Å². The molecule has 0 aromatic carbocycles. The first kappa shape index (κ1) is 12.5. The highest BCUT2D eigenvalue weighted by Crippen LogP contribution is 2.29. The first-order valence-corrected chi connectivity index (χ1v) is 6.46. The summed E-state index contributed by atoms with van der Waals surface area (Å²) in [6, 6.07) is 2.39. The van der Waals surface area contributed by atoms with E-state index in [0.717, 1.165) is 30.5 Å². The molecular formula is C14H22N2O. The number of aromatic nitrogens is 1. The van der Waals surface area contributed by atoms with Gasteiger partial charge >= 0.3 is 0 Å². The van der Waals surface area contributed by atoms with Crippen molar-refractivity contribution in [1.82, 2.24) is 10.3 Å². The molecule has 2 unspecified atom stereocenters. The van der Waals surface area contributed by atoms with Crippen molar-refractivity contribution in [2.45, 2.75) is 51.2 Å². The molecule has 0 bridgehead atoms.